The van der Waals surface area contributed by atoms with E-state index in [1.807, 2.05) is 0 Å². The summed E-state index contributed by atoms with van der Waals surface area (Å²) >= 11 is 1.17. The Balaban J connectivity index is 2.15. The number of nitrogens with one attached hydrogen (secondary N) is 1. The molecule has 0 amide bonds. The van der Waals surface area contributed by atoms with Crippen molar-refractivity contribution in [1.29, 1.82) is 0 Å². The summed E-state index contributed by atoms with van der Waals surface area (Å²) < 4.78 is 12.8. The van der Waals surface area contributed by atoms with E-state index in [0.29, 0.717) is 16.4 Å². The lowest BCUT2D eigenvalue weighted by molar-refractivity contribution is 0.0994. The lowest BCUT2D eigenvalue weighted by Gasteiger charge is -2.09. The monoisotopic (exact) mass is 292 g/mol. The molecule has 0 saturated heterocycles. The van der Waals surface area contributed by atoms with Gasteiger partial charge >= 0.3 is 0 Å². The van der Waals surface area contributed by atoms with E-state index in [0.717, 1.165) is 0 Å². The minimum atomic E-state index is -0.426. The van der Waals surface area contributed by atoms with E-state index in [2.05, 4.69) is 9.97 Å². The standard InChI is InChI=1S/C14H13FN2O2S/c1-8-7-12(18)17-14(16-8)20-9(2)13(19)10-3-5-11(15)6-4-10/h3-7,9H,1-2H3,(H,16,17,18). The molecule has 1 atom stereocenters. The molecule has 0 spiro atoms. The number of hydrogen-bond donors (Lipinski definition) is 1. The maximum atomic E-state index is 12.8. The normalized spacial score (nSPS) is 12.2. The summed E-state index contributed by atoms with van der Waals surface area (Å²) in [4.78, 5) is 30.2. The van der Waals surface area contributed by atoms with Gasteiger partial charge < -0.3 is 4.98 Å². The lowest BCUT2D eigenvalue weighted by Crippen LogP contribution is -2.16. The number of benzene rings is 1. The molecule has 6 heteroatoms. The number of nitrogens with zero attached hydrogens (tertiary/aromatic N) is 1. The van der Waals surface area contributed by atoms with Crippen LogP contribution in [0.1, 0.15) is 23.0 Å². The highest BCUT2D eigenvalue weighted by Crippen LogP contribution is 2.22. The van der Waals surface area contributed by atoms with E-state index < -0.39 is 5.25 Å². The predicted octanol–water partition coefficient (Wildman–Crippen LogP) is 2.58. The molecule has 4 nitrogen and oxygen atoms in total. The van der Waals surface area contributed by atoms with Crippen LogP contribution in [0, 0.1) is 12.7 Å². The van der Waals surface area contributed by atoms with E-state index in [4.69, 9.17) is 0 Å². The second-order valence-electron chi connectivity index (χ2n) is 4.32. The first-order valence-electron chi connectivity index (χ1n) is 6.00. The number of Topliss-reactive ketones (excluding diaryl/α,β-unsaturated/α-hetero) is 1. The third-order valence-electron chi connectivity index (χ3n) is 2.63. The molecule has 1 aromatic heterocycles. The van der Waals surface area contributed by atoms with Crippen LogP contribution in [0.2, 0.25) is 0 Å². The molecule has 0 fully saturated rings. The fourth-order valence-electron chi connectivity index (χ4n) is 1.68. The number of carbonyl (C=O) groups is 1. The van der Waals surface area contributed by atoms with Crippen LogP contribution in [0.25, 0.3) is 0 Å². The van der Waals surface area contributed by atoms with Crippen LogP contribution in [-0.2, 0) is 0 Å². The zero-order chi connectivity index (χ0) is 14.7. The summed E-state index contributed by atoms with van der Waals surface area (Å²) in [6.07, 6.45) is 0. The molecule has 0 aliphatic carbocycles. The van der Waals surface area contributed by atoms with Crippen molar-refractivity contribution >= 4 is 17.5 Å². The van der Waals surface area contributed by atoms with Gasteiger partial charge in [-0.05, 0) is 38.1 Å². The molecule has 0 aliphatic heterocycles. The summed E-state index contributed by atoms with van der Waals surface area (Å²) in [7, 11) is 0. The Labute approximate surface area is 119 Å². The minimum absolute atomic E-state index is 0.140. The van der Waals surface area contributed by atoms with Crippen molar-refractivity contribution in [3.63, 3.8) is 0 Å². The van der Waals surface area contributed by atoms with Crippen LogP contribution in [0.3, 0.4) is 0 Å². The van der Waals surface area contributed by atoms with Gasteiger partial charge in [-0.3, -0.25) is 9.59 Å². The number of halogens is 1. The second-order valence-corrected chi connectivity index (χ2v) is 5.65. The number of aromatic nitrogens is 2. The molecule has 0 bridgehead atoms. The van der Waals surface area contributed by atoms with Crippen molar-refractivity contribution in [3.8, 4) is 0 Å². The topological polar surface area (TPSA) is 62.8 Å². The minimum Gasteiger partial charge on any atom is -0.301 e. The summed E-state index contributed by atoms with van der Waals surface area (Å²) in [5.74, 6) is -0.523. The van der Waals surface area contributed by atoms with Crippen molar-refractivity contribution in [1.82, 2.24) is 9.97 Å². The Morgan fingerprint density at radius 2 is 2.00 bits per heavy atom. The van der Waals surface area contributed by atoms with Crippen LogP contribution >= 0.6 is 11.8 Å². The zero-order valence-electron chi connectivity index (χ0n) is 11.0. The van der Waals surface area contributed by atoms with E-state index in [-0.39, 0.29) is 17.2 Å². The Kier molecular flexibility index (Phi) is 4.34. The molecule has 0 saturated carbocycles. The van der Waals surface area contributed by atoms with Gasteiger partial charge in [-0.25, -0.2) is 9.37 Å². The Morgan fingerprint density at radius 3 is 2.60 bits per heavy atom. The van der Waals surface area contributed by atoms with Crippen LogP contribution in [0.5, 0.6) is 0 Å². The number of H-pyrrole nitrogens is 1. The number of carbonyl (C=O) groups excluding carboxylic acids is 1. The highest BCUT2D eigenvalue weighted by atomic mass is 32.2. The third kappa shape index (κ3) is 3.54. The van der Waals surface area contributed by atoms with Crippen LogP contribution in [0.15, 0.2) is 40.3 Å². The van der Waals surface area contributed by atoms with Crippen molar-refractivity contribution in [3.05, 3.63) is 57.8 Å². The van der Waals surface area contributed by atoms with Gasteiger partial charge in [0, 0.05) is 17.3 Å². The highest BCUT2D eigenvalue weighted by molar-refractivity contribution is 8.00. The summed E-state index contributed by atoms with van der Waals surface area (Å²) in [5.41, 5.74) is 0.778. The first-order valence-corrected chi connectivity index (χ1v) is 6.88. The highest BCUT2D eigenvalue weighted by Gasteiger charge is 2.17. The van der Waals surface area contributed by atoms with Crippen LogP contribution in [0.4, 0.5) is 4.39 Å². The van der Waals surface area contributed by atoms with E-state index in [1.54, 1.807) is 13.8 Å². The Bertz CT molecular complexity index is 682. The maximum absolute atomic E-state index is 12.8. The van der Waals surface area contributed by atoms with Crippen molar-refractivity contribution < 1.29 is 9.18 Å². The van der Waals surface area contributed by atoms with Gasteiger partial charge in [-0.15, -0.1) is 0 Å². The number of ketones is 1. The number of hydrogen-bond acceptors (Lipinski definition) is 4. The van der Waals surface area contributed by atoms with Gasteiger partial charge in [0.1, 0.15) is 5.82 Å². The summed E-state index contributed by atoms with van der Waals surface area (Å²) in [6.45, 7) is 3.43. The molecule has 1 aromatic carbocycles. The Morgan fingerprint density at radius 1 is 1.35 bits per heavy atom. The fraction of sp³-hybridized carbons (Fsp3) is 0.214. The summed E-state index contributed by atoms with van der Waals surface area (Å²) in [6, 6.07) is 6.77. The molecule has 1 unspecified atom stereocenters. The predicted molar refractivity (Wildman–Crippen MR) is 75.6 cm³/mol. The molecule has 104 valence electrons. The van der Waals surface area contributed by atoms with Gasteiger partial charge in [0.25, 0.3) is 5.56 Å². The second kappa shape index (κ2) is 6.00. The number of aromatic amines is 1. The molecular weight excluding hydrogens is 279 g/mol. The average molecular weight is 292 g/mol. The van der Waals surface area contributed by atoms with Gasteiger partial charge in [-0.2, -0.15) is 0 Å². The zero-order valence-corrected chi connectivity index (χ0v) is 11.8. The number of aryl methyl sites for hydroxylation is 1. The van der Waals surface area contributed by atoms with Gasteiger partial charge in [0.15, 0.2) is 10.9 Å². The summed E-state index contributed by atoms with van der Waals surface area (Å²) in [5, 5.41) is -0.0247. The van der Waals surface area contributed by atoms with Gasteiger partial charge in [-0.1, -0.05) is 11.8 Å². The molecule has 0 radical (unpaired) electrons. The fourth-order valence-corrected chi connectivity index (χ4v) is 2.61. The van der Waals surface area contributed by atoms with E-state index in [1.165, 1.54) is 42.1 Å². The van der Waals surface area contributed by atoms with Crippen LogP contribution < -0.4 is 5.56 Å². The largest absolute Gasteiger partial charge is 0.301 e. The Hall–Kier alpha value is -1.95. The van der Waals surface area contributed by atoms with Crippen LogP contribution in [-0.4, -0.2) is 21.0 Å². The molecule has 1 N–H and O–H groups in total. The molecule has 2 aromatic rings. The van der Waals surface area contributed by atoms with E-state index in [9.17, 15) is 14.0 Å². The van der Waals surface area contributed by atoms with Crippen molar-refractivity contribution in [2.75, 3.05) is 0 Å². The van der Waals surface area contributed by atoms with Crippen molar-refractivity contribution in [2.45, 2.75) is 24.3 Å². The maximum Gasteiger partial charge on any atom is 0.251 e. The van der Waals surface area contributed by atoms with E-state index >= 15 is 0 Å². The quantitative estimate of drug-likeness (QED) is 0.534. The molecular formula is C14H13FN2O2S. The molecule has 0 aliphatic rings. The molecule has 1 heterocycles. The molecule has 20 heavy (non-hydrogen) atoms. The third-order valence-corrected chi connectivity index (χ3v) is 3.62. The van der Waals surface area contributed by atoms with Gasteiger partial charge in [0.2, 0.25) is 0 Å². The molecule has 2 rings (SSSR count). The van der Waals surface area contributed by atoms with Gasteiger partial charge in [0.05, 0.1) is 5.25 Å². The average Bonchev–Trinajstić information content (AvgIpc) is 2.37. The van der Waals surface area contributed by atoms with Crippen molar-refractivity contribution in [2.24, 2.45) is 0 Å². The first kappa shape index (κ1) is 14.5. The first-order chi connectivity index (χ1) is 9.45. The smallest absolute Gasteiger partial charge is 0.251 e. The number of thioether (sulfide) groups is 1. The lowest BCUT2D eigenvalue weighted by atomic mass is 10.1. The SMILES string of the molecule is Cc1cc(=O)[nH]c(SC(C)C(=O)c2ccc(F)cc2)n1. The number of rotatable bonds is 4.